The average Bonchev–Trinajstić information content (AvgIpc) is 2.66. The zero-order valence-corrected chi connectivity index (χ0v) is 8.71. The summed E-state index contributed by atoms with van der Waals surface area (Å²) >= 11 is 1.63. The third kappa shape index (κ3) is 1.51. The number of aryl methyl sites for hydroxylation is 1. The van der Waals surface area contributed by atoms with Gasteiger partial charge in [0.1, 0.15) is 5.75 Å². The Balaban J connectivity index is 2.54. The van der Waals surface area contributed by atoms with Crippen molar-refractivity contribution in [2.45, 2.75) is 13.3 Å². The first kappa shape index (κ1) is 9.21. The van der Waals surface area contributed by atoms with Gasteiger partial charge in [0.2, 0.25) is 0 Å². The highest BCUT2D eigenvalue weighted by molar-refractivity contribution is 7.10. The van der Waals surface area contributed by atoms with Crippen LogP contribution in [-0.4, -0.2) is 10.1 Å². The maximum Gasteiger partial charge on any atom is 0.125 e. The molecule has 0 fully saturated rings. The Labute approximate surface area is 86.9 Å². The lowest BCUT2D eigenvalue weighted by molar-refractivity contribution is 0.477. The number of rotatable bonds is 2. The molecule has 14 heavy (non-hydrogen) atoms. The number of phenolic OH excluding ortho intramolecular Hbond substituents is 1. The van der Waals surface area contributed by atoms with Gasteiger partial charge in [-0.3, -0.25) is 0 Å². The molecular weight excluding hydrogens is 194 g/mol. The minimum Gasteiger partial charge on any atom is -0.507 e. The number of phenols is 1. The second-order valence-corrected chi connectivity index (χ2v) is 3.93. The van der Waals surface area contributed by atoms with E-state index >= 15 is 0 Å². The Morgan fingerprint density at radius 1 is 1.36 bits per heavy atom. The van der Waals surface area contributed by atoms with Gasteiger partial charge in [-0.1, -0.05) is 19.1 Å². The maximum absolute atomic E-state index is 9.67. The third-order valence-electron chi connectivity index (χ3n) is 2.12. The molecule has 2 rings (SSSR count). The lowest BCUT2D eigenvalue weighted by Crippen LogP contribution is -1.83. The summed E-state index contributed by atoms with van der Waals surface area (Å²) in [5, 5.41) is 9.67. The molecule has 0 atom stereocenters. The van der Waals surface area contributed by atoms with E-state index in [1.165, 1.54) is 4.88 Å². The molecule has 1 aromatic heterocycles. The normalized spacial score (nSPS) is 10.4. The van der Waals surface area contributed by atoms with Gasteiger partial charge in [0.25, 0.3) is 0 Å². The van der Waals surface area contributed by atoms with Crippen LogP contribution in [0.15, 0.2) is 29.8 Å². The topological polar surface area (TPSA) is 33.1 Å². The summed E-state index contributed by atoms with van der Waals surface area (Å²) in [6.45, 7) is 2.09. The minimum atomic E-state index is 0.299. The number of para-hydroxylation sites is 1. The van der Waals surface area contributed by atoms with Gasteiger partial charge in [-0.15, -0.1) is 11.3 Å². The van der Waals surface area contributed by atoms with Crippen LogP contribution < -0.4 is 0 Å². The zero-order chi connectivity index (χ0) is 9.97. The van der Waals surface area contributed by atoms with Crippen molar-refractivity contribution in [2.75, 3.05) is 0 Å². The summed E-state index contributed by atoms with van der Waals surface area (Å²) in [5.41, 5.74) is 3.56. The molecule has 0 radical (unpaired) electrons. The molecule has 0 saturated carbocycles. The van der Waals surface area contributed by atoms with Crippen LogP contribution in [-0.2, 0) is 6.42 Å². The van der Waals surface area contributed by atoms with E-state index in [-0.39, 0.29) is 0 Å². The first-order valence-electron chi connectivity index (χ1n) is 4.53. The van der Waals surface area contributed by atoms with Gasteiger partial charge in [-0.2, -0.15) is 0 Å². The zero-order valence-electron chi connectivity index (χ0n) is 7.90. The van der Waals surface area contributed by atoms with Gasteiger partial charge >= 0.3 is 0 Å². The summed E-state index contributed by atoms with van der Waals surface area (Å²) in [4.78, 5) is 5.49. The number of benzene rings is 1. The smallest absolute Gasteiger partial charge is 0.125 e. The largest absolute Gasteiger partial charge is 0.507 e. The van der Waals surface area contributed by atoms with Crippen molar-refractivity contribution >= 4 is 11.3 Å². The van der Waals surface area contributed by atoms with E-state index in [0.29, 0.717) is 5.75 Å². The van der Waals surface area contributed by atoms with Crippen LogP contribution in [0.2, 0.25) is 0 Å². The van der Waals surface area contributed by atoms with E-state index in [0.717, 1.165) is 17.7 Å². The fourth-order valence-electron chi connectivity index (χ4n) is 1.41. The second kappa shape index (κ2) is 3.80. The van der Waals surface area contributed by atoms with Gasteiger partial charge in [-0.25, -0.2) is 4.98 Å². The SMILES string of the molecule is CCc1scnc1-c1ccccc1O. The van der Waals surface area contributed by atoms with Crippen molar-refractivity contribution in [1.82, 2.24) is 4.98 Å². The molecule has 3 heteroatoms. The second-order valence-electron chi connectivity index (χ2n) is 2.99. The molecule has 0 spiro atoms. The molecule has 0 aliphatic rings. The first-order valence-corrected chi connectivity index (χ1v) is 5.41. The van der Waals surface area contributed by atoms with Crippen LogP contribution in [0.3, 0.4) is 0 Å². The summed E-state index contributed by atoms with van der Waals surface area (Å²) in [6.07, 6.45) is 0.953. The highest BCUT2D eigenvalue weighted by atomic mass is 32.1. The molecule has 0 saturated heterocycles. The molecule has 1 heterocycles. The highest BCUT2D eigenvalue weighted by Crippen LogP contribution is 2.31. The van der Waals surface area contributed by atoms with E-state index < -0.39 is 0 Å². The first-order chi connectivity index (χ1) is 6.83. The number of thiazole rings is 1. The molecule has 0 aliphatic carbocycles. The molecule has 0 aliphatic heterocycles. The lowest BCUT2D eigenvalue weighted by atomic mass is 10.1. The molecule has 1 N–H and O–H groups in total. The van der Waals surface area contributed by atoms with E-state index in [9.17, 15) is 5.11 Å². The van der Waals surface area contributed by atoms with E-state index in [2.05, 4.69) is 11.9 Å². The van der Waals surface area contributed by atoms with Crippen molar-refractivity contribution in [3.63, 3.8) is 0 Å². The van der Waals surface area contributed by atoms with Crippen molar-refractivity contribution in [2.24, 2.45) is 0 Å². The molecule has 0 amide bonds. The Morgan fingerprint density at radius 3 is 2.86 bits per heavy atom. The molecule has 2 aromatic rings. The molecule has 2 nitrogen and oxygen atoms in total. The number of hydrogen-bond acceptors (Lipinski definition) is 3. The monoisotopic (exact) mass is 205 g/mol. The Kier molecular flexibility index (Phi) is 2.50. The number of nitrogens with zero attached hydrogens (tertiary/aromatic N) is 1. The van der Waals surface area contributed by atoms with Crippen LogP contribution in [0.4, 0.5) is 0 Å². The molecule has 72 valence electrons. The quantitative estimate of drug-likeness (QED) is 0.817. The Morgan fingerprint density at radius 2 is 2.14 bits per heavy atom. The number of hydrogen-bond donors (Lipinski definition) is 1. The van der Waals surface area contributed by atoms with Crippen LogP contribution in [0, 0.1) is 0 Å². The fourth-order valence-corrected chi connectivity index (χ4v) is 2.14. The number of aromatic nitrogens is 1. The predicted octanol–water partition coefficient (Wildman–Crippen LogP) is 3.08. The van der Waals surface area contributed by atoms with Crippen LogP contribution in [0.25, 0.3) is 11.3 Å². The molecule has 0 unspecified atom stereocenters. The van der Waals surface area contributed by atoms with E-state index in [4.69, 9.17) is 0 Å². The van der Waals surface area contributed by atoms with Crippen LogP contribution in [0.1, 0.15) is 11.8 Å². The number of aromatic hydroxyl groups is 1. The highest BCUT2D eigenvalue weighted by Gasteiger charge is 2.09. The van der Waals surface area contributed by atoms with Crippen molar-refractivity contribution in [3.8, 4) is 17.0 Å². The van der Waals surface area contributed by atoms with Crippen molar-refractivity contribution in [3.05, 3.63) is 34.7 Å². The Bertz CT molecular complexity index is 436. The van der Waals surface area contributed by atoms with Crippen molar-refractivity contribution < 1.29 is 5.11 Å². The van der Waals surface area contributed by atoms with E-state index in [1.807, 2.05) is 23.7 Å². The summed E-state index contributed by atoms with van der Waals surface area (Å²) in [7, 11) is 0. The predicted molar refractivity (Wildman–Crippen MR) is 58.6 cm³/mol. The third-order valence-corrected chi connectivity index (χ3v) is 3.10. The van der Waals surface area contributed by atoms with E-state index in [1.54, 1.807) is 17.4 Å². The van der Waals surface area contributed by atoms with Crippen LogP contribution in [0.5, 0.6) is 5.75 Å². The minimum absolute atomic E-state index is 0.299. The van der Waals surface area contributed by atoms with Gasteiger partial charge in [0.05, 0.1) is 11.2 Å². The van der Waals surface area contributed by atoms with Gasteiger partial charge in [0.15, 0.2) is 0 Å². The summed E-state index contributed by atoms with van der Waals surface area (Å²) < 4.78 is 0. The molecule has 1 aromatic carbocycles. The van der Waals surface area contributed by atoms with Gasteiger partial charge in [-0.05, 0) is 18.6 Å². The fraction of sp³-hybridized carbons (Fsp3) is 0.182. The lowest BCUT2D eigenvalue weighted by Gasteiger charge is -2.02. The average molecular weight is 205 g/mol. The van der Waals surface area contributed by atoms with Gasteiger partial charge in [0, 0.05) is 10.4 Å². The Hall–Kier alpha value is -1.35. The maximum atomic E-state index is 9.67. The van der Waals surface area contributed by atoms with Gasteiger partial charge < -0.3 is 5.11 Å². The summed E-state index contributed by atoms with van der Waals surface area (Å²) in [5.74, 6) is 0.299. The standard InChI is InChI=1S/C11H11NOS/c1-2-10-11(12-7-14-10)8-5-3-4-6-9(8)13/h3-7,13H,2H2,1H3. The van der Waals surface area contributed by atoms with Crippen LogP contribution >= 0.6 is 11.3 Å². The summed E-state index contributed by atoms with van der Waals surface area (Å²) in [6, 6.07) is 7.31. The van der Waals surface area contributed by atoms with Crippen molar-refractivity contribution in [1.29, 1.82) is 0 Å². The molecule has 0 bridgehead atoms. The molecular formula is C11H11NOS.